The van der Waals surface area contributed by atoms with Crippen molar-refractivity contribution < 1.29 is 8.83 Å². The quantitative estimate of drug-likeness (QED) is 0.114. The molecule has 14 aromatic carbocycles. The summed E-state index contributed by atoms with van der Waals surface area (Å²) in [6, 6.07) is 98.0. The third-order valence-electron chi connectivity index (χ3n) is 18.3. The molecule has 0 bridgehead atoms. The largest absolute Gasteiger partial charge is 0.454 e. The van der Waals surface area contributed by atoms with Crippen LogP contribution < -0.4 is 9.80 Å². The molecule has 4 nitrogen and oxygen atoms in total. The monoisotopic (exact) mass is 1130 g/mol. The molecule has 4 heteroatoms. The van der Waals surface area contributed by atoms with E-state index in [-0.39, 0.29) is 11.8 Å². The van der Waals surface area contributed by atoms with Gasteiger partial charge in [0, 0.05) is 44.3 Å². The third kappa shape index (κ3) is 8.81. The molecule has 88 heavy (non-hydrogen) atoms. The third-order valence-corrected chi connectivity index (χ3v) is 18.3. The SMILES string of the molecule is Cc1ccc(-c2ccc(N(c3ccc(-c4cc(C(C)C)c5ccc6c(-c7ccc(N(c8ccc(-c9ccc(C)cc9)cc8)c8cccc9c8oc8ccccc89)cc7)cc(C(C)C)c7ccc4c5c67)cc3)c3cccc4c3oc3ccccc34)cc2)cc1. The number of fused-ring (bicyclic) bond motifs is 6. The first kappa shape index (κ1) is 52.8. The van der Waals surface area contributed by atoms with Gasteiger partial charge in [-0.3, -0.25) is 0 Å². The molecule has 2 aromatic heterocycles. The van der Waals surface area contributed by atoms with E-state index in [0.29, 0.717) is 0 Å². The van der Waals surface area contributed by atoms with Gasteiger partial charge in [0.1, 0.15) is 11.2 Å². The maximum atomic E-state index is 6.74. The topological polar surface area (TPSA) is 32.8 Å². The minimum atomic E-state index is 0.286. The van der Waals surface area contributed by atoms with Crippen molar-refractivity contribution in [3.63, 3.8) is 0 Å². The van der Waals surface area contributed by atoms with Crippen LogP contribution in [0.4, 0.5) is 34.1 Å². The van der Waals surface area contributed by atoms with Gasteiger partial charge >= 0.3 is 0 Å². The number of furan rings is 2. The first-order valence-corrected chi connectivity index (χ1v) is 30.8. The lowest BCUT2D eigenvalue weighted by Gasteiger charge is -2.26. The number of aryl methyl sites for hydroxylation is 2. The molecule has 0 aliphatic heterocycles. The van der Waals surface area contributed by atoms with Crippen LogP contribution in [0.3, 0.4) is 0 Å². The number of para-hydroxylation sites is 4. The van der Waals surface area contributed by atoms with Crippen molar-refractivity contribution in [1.29, 1.82) is 0 Å². The van der Waals surface area contributed by atoms with Crippen LogP contribution in [0.15, 0.2) is 276 Å². The lowest BCUT2D eigenvalue weighted by molar-refractivity contribution is 0.668. The molecule has 0 saturated carbocycles. The highest BCUT2D eigenvalue weighted by Gasteiger charge is 2.25. The van der Waals surface area contributed by atoms with E-state index < -0.39 is 0 Å². The maximum Gasteiger partial charge on any atom is 0.159 e. The highest BCUT2D eigenvalue weighted by molar-refractivity contribution is 6.29. The summed E-state index contributed by atoms with van der Waals surface area (Å²) >= 11 is 0. The Hall–Kier alpha value is -10.7. The summed E-state index contributed by atoms with van der Waals surface area (Å²) in [5, 5.41) is 12.2. The number of benzene rings is 14. The summed E-state index contributed by atoms with van der Waals surface area (Å²) in [6.07, 6.45) is 0. The fraction of sp³-hybridized carbons (Fsp3) is 0.0952. The minimum absolute atomic E-state index is 0.286. The first-order chi connectivity index (χ1) is 43.1. The van der Waals surface area contributed by atoms with Crippen molar-refractivity contribution in [2.24, 2.45) is 0 Å². The highest BCUT2D eigenvalue weighted by Crippen LogP contribution is 2.50. The lowest BCUT2D eigenvalue weighted by atomic mass is 9.81. The van der Waals surface area contributed by atoms with E-state index >= 15 is 0 Å². The molecule has 0 saturated heterocycles. The van der Waals surface area contributed by atoms with E-state index in [0.717, 1.165) is 78.0 Å². The van der Waals surface area contributed by atoms with Gasteiger partial charge in [-0.25, -0.2) is 0 Å². The molecule has 16 rings (SSSR count). The molecule has 0 atom stereocenters. The lowest BCUT2D eigenvalue weighted by Crippen LogP contribution is -2.10. The fourth-order valence-electron chi connectivity index (χ4n) is 13.8. The van der Waals surface area contributed by atoms with Crippen molar-refractivity contribution in [3.05, 3.63) is 289 Å². The zero-order chi connectivity index (χ0) is 59.3. The van der Waals surface area contributed by atoms with Crippen LogP contribution in [0.1, 0.15) is 61.8 Å². The minimum Gasteiger partial charge on any atom is -0.454 e. The van der Waals surface area contributed by atoms with Gasteiger partial charge in [-0.2, -0.15) is 0 Å². The average molecular weight is 1130 g/mol. The Labute approximate surface area is 513 Å². The predicted molar refractivity (Wildman–Crippen MR) is 373 cm³/mol. The molecule has 0 unspecified atom stereocenters. The van der Waals surface area contributed by atoms with E-state index in [1.807, 2.05) is 12.1 Å². The number of rotatable bonds is 12. The van der Waals surface area contributed by atoms with Gasteiger partial charge in [-0.15, -0.1) is 0 Å². The van der Waals surface area contributed by atoms with Crippen LogP contribution in [-0.4, -0.2) is 0 Å². The Morgan fingerprint density at radius 1 is 0.273 bits per heavy atom. The van der Waals surface area contributed by atoms with Crippen molar-refractivity contribution in [1.82, 2.24) is 0 Å². The summed E-state index contributed by atoms with van der Waals surface area (Å²) in [5.74, 6) is 0.572. The Morgan fingerprint density at radius 3 is 0.932 bits per heavy atom. The zero-order valence-corrected chi connectivity index (χ0v) is 50.3. The Bertz CT molecular complexity index is 4970. The molecule has 0 amide bonds. The van der Waals surface area contributed by atoms with E-state index in [4.69, 9.17) is 8.83 Å². The zero-order valence-electron chi connectivity index (χ0n) is 50.3. The molecule has 0 aliphatic carbocycles. The van der Waals surface area contributed by atoms with Crippen LogP contribution in [0, 0.1) is 13.8 Å². The molecular weight excluding hydrogens is 1070 g/mol. The van der Waals surface area contributed by atoms with Gasteiger partial charge in [-0.1, -0.05) is 221 Å². The maximum absolute atomic E-state index is 6.74. The van der Waals surface area contributed by atoms with Crippen molar-refractivity contribution >= 4 is 110 Å². The summed E-state index contributed by atoms with van der Waals surface area (Å²) in [4.78, 5) is 4.70. The molecule has 2 heterocycles. The van der Waals surface area contributed by atoms with Crippen LogP contribution in [0.2, 0.25) is 0 Å². The fourth-order valence-corrected chi connectivity index (χ4v) is 13.8. The van der Waals surface area contributed by atoms with E-state index in [1.165, 1.54) is 99.1 Å². The number of hydrogen-bond acceptors (Lipinski definition) is 4. The Morgan fingerprint density at radius 2 is 0.580 bits per heavy atom. The highest BCUT2D eigenvalue weighted by atomic mass is 16.3. The van der Waals surface area contributed by atoms with Crippen LogP contribution in [-0.2, 0) is 0 Å². The molecule has 0 spiro atoms. The second kappa shape index (κ2) is 21.1. The molecule has 0 aliphatic rings. The van der Waals surface area contributed by atoms with Crippen LogP contribution >= 0.6 is 0 Å². The molecular formula is C84H64N2O2. The van der Waals surface area contributed by atoms with Crippen molar-refractivity contribution in [2.45, 2.75) is 53.4 Å². The molecule has 0 radical (unpaired) electrons. The van der Waals surface area contributed by atoms with Gasteiger partial charge in [-0.05, 0) is 199 Å². The average Bonchev–Trinajstić information content (AvgIpc) is 0.940. The van der Waals surface area contributed by atoms with Gasteiger partial charge in [0.15, 0.2) is 11.2 Å². The second-order valence-electron chi connectivity index (χ2n) is 24.5. The number of anilines is 6. The summed E-state index contributed by atoms with van der Waals surface area (Å²) in [5.41, 5.74) is 24.4. The smallest absolute Gasteiger partial charge is 0.159 e. The van der Waals surface area contributed by atoms with E-state index in [2.05, 4.69) is 306 Å². The van der Waals surface area contributed by atoms with Gasteiger partial charge in [0.2, 0.25) is 0 Å². The second-order valence-corrected chi connectivity index (χ2v) is 24.5. The molecule has 16 aromatic rings. The van der Waals surface area contributed by atoms with Gasteiger partial charge in [0.25, 0.3) is 0 Å². The normalized spacial score (nSPS) is 12.0. The van der Waals surface area contributed by atoms with Gasteiger partial charge in [0.05, 0.1) is 11.4 Å². The predicted octanol–water partition coefficient (Wildman–Crippen LogP) is 24.9. The number of hydrogen-bond donors (Lipinski definition) is 0. The number of nitrogens with zero attached hydrogens (tertiary/aromatic N) is 2. The summed E-state index contributed by atoms with van der Waals surface area (Å²) < 4.78 is 13.5. The van der Waals surface area contributed by atoms with Crippen molar-refractivity contribution in [3.8, 4) is 44.5 Å². The van der Waals surface area contributed by atoms with E-state index in [1.54, 1.807) is 0 Å². The first-order valence-electron chi connectivity index (χ1n) is 30.8. The standard InChI is InChI=1S/C84H64N2O2/c1-51(2)73-49-75(59-33-41-63(42-34-59)85(61-37-29-57(30-38-61)55-25-21-53(5)22-26-55)77-17-11-15-71-65-13-7-9-19-79(65)87-83(71)77)69-48-46-68-74(52(3)4)50-76(70-47-45-67(73)81(69)82(68)70)60-35-43-64(44-36-60)86(62-39-31-58(32-40-62)56-27-23-54(6)24-28-56)78-18-12-16-72-66-14-8-10-20-80(66)88-84(72)78/h7-52H,1-6H3. The van der Waals surface area contributed by atoms with Crippen molar-refractivity contribution in [2.75, 3.05) is 9.80 Å². The summed E-state index contributed by atoms with van der Waals surface area (Å²) in [6.45, 7) is 13.6. The Balaban J connectivity index is 0.822. The van der Waals surface area contributed by atoms with Crippen LogP contribution in [0.5, 0.6) is 0 Å². The molecule has 422 valence electrons. The van der Waals surface area contributed by atoms with Crippen LogP contribution in [0.25, 0.3) is 121 Å². The summed E-state index contributed by atoms with van der Waals surface area (Å²) in [7, 11) is 0. The molecule has 0 N–H and O–H groups in total. The van der Waals surface area contributed by atoms with E-state index in [9.17, 15) is 0 Å². The molecule has 0 fully saturated rings. The Kier molecular flexibility index (Phi) is 12.7. The van der Waals surface area contributed by atoms with Gasteiger partial charge < -0.3 is 18.6 Å².